The van der Waals surface area contributed by atoms with Gasteiger partial charge in [-0.1, -0.05) is 19.1 Å². The molecule has 7 heteroatoms. The van der Waals surface area contributed by atoms with Gasteiger partial charge in [-0.15, -0.1) is 0 Å². The molecule has 0 fully saturated rings. The number of hydrogen-bond acceptors (Lipinski definition) is 4. The molecule has 0 unspecified atom stereocenters. The van der Waals surface area contributed by atoms with Crippen LogP contribution in [0.15, 0.2) is 40.8 Å². The van der Waals surface area contributed by atoms with Crippen LogP contribution in [0.3, 0.4) is 0 Å². The van der Waals surface area contributed by atoms with Gasteiger partial charge in [0.05, 0.1) is 13.1 Å². The molecule has 0 saturated carbocycles. The predicted octanol–water partition coefficient (Wildman–Crippen LogP) is 4.31. The minimum atomic E-state index is -0.325. The summed E-state index contributed by atoms with van der Waals surface area (Å²) in [7, 11) is 0. The van der Waals surface area contributed by atoms with E-state index in [-0.39, 0.29) is 30.7 Å². The second-order valence-electron chi connectivity index (χ2n) is 7.50. The quantitative estimate of drug-likeness (QED) is 0.443. The molecule has 1 aromatic heterocycles. The van der Waals surface area contributed by atoms with Crippen LogP contribution < -0.4 is 0 Å². The molecule has 0 aliphatic rings. The van der Waals surface area contributed by atoms with E-state index in [1.165, 1.54) is 12.1 Å². The Hall–Kier alpha value is -2.67. The lowest BCUT2D eigenvalue weighted by atomic mass is 10.2. The lowest BCUT2D eigenvalue weighted by molar-refractivity contribution is -0.141. The minimum Gasteiger partial charge on any atom is -0.464 e. The maximum Gasteiger partial charge on any atom is 0.242 e. The van der Waals surface area contributed by atoms with Gasteiger partial charge in [0.15, 0.2) is 0 Å². The summed E-state index contributed by atoms with van der Waals surface area (Å²) < 4.78 is 24.3. The molecule has 0 bridgehead atoms. The first-order valence-electron chi connectivity index (χ1n) is 10.9. The lowest BCUT2D eigenvalue weighted by Gasteiger charge is -2.27. The van der Waals surface area contributed by atoms with E-state index >= 15 is 0 Å². The van der Waals surface area contributed by atoms with E-state index in [1.807, 2.05) is 32.9 Å². The molecule has 2 amide bonds. The molecule has 0 N–H and O–H groups in total. The largest absolute Gasteiger partial charge is 0.464 e. The van der Waals surface area contributed by atoms with Crippen LogP contribution >= 0.6 is 0 Å². The van der Waals surface area contributed by atoms with Crippen LogP contribution in [-0.2, 0) is 27.4 Å². The number of ether oxygens (including phenoxy) is 1. The van der Waals surface area contributed by atoms with Crippen molar-refractivity contribution >= 4 is 11.8 Å². The predicted molar refractivity (Wildman–Crippen MR) is 117 cm³/mol. The number of nitrogens with zero attached hydrogens (tertiary/aromatic N) is 2. The zero-order chi connectivity index (χ0) is 22.6. The molecule has 0 atom stereocenters. The van der Waals surface area contributed by atoms with Crippen LogP contribution in [0.2, 0.25) is 0 Å². The molecule has 170 valence electrons. The number of furan rings is 1. The Bertz CT molecular complexity index is 819. The topological polar surface area (TPSA) is 63.0 Å². The molecule has 0 radical (unpaired) electrons. The Balaban J connectivity index is 2.13. The van der Waals surface area contributed by atoms with Crippen molar-refractivity contribution in [1.82, 2.24) is 9.80 Å². The lowest BCUT2D eigenvalue weighted by Crippen LogP contribution is -2.43. The van der Waals surface area contributed by atoms with Gasteiger partial charge in [-0.05, 0) is 56.5 Å². The normalized spacial score (nSPS) is 10.8. The summed E-state index contributed by atoms with van der Waals surface area (Å²) in [5.74, 6) is 0.881. The van der Waals surface area contributed by atoms with Gasteiger partial charge in [0.25, 0.3) is 0 Å². The standard InChI is InChI=1S/C24H33FN2O4/c1-4-7-23(28)26(14-6-15-30-5-2)18-24(29)27(17-22-13-8-19(3)31-22)16-20-9-11-21(25)12-10-20/h8-13H,4-7,14-18H2,1-3H3. The Morgan fingerprint density at radius 2 is 1.74 bits per heavy atom. The average Bonchev–Trinajstić information content (AvgIpc) is 3.16. The van der Waals surface area contributed by atoms with E-state index in [4.69, 9.17) is 9.15 Å². The number of carbonyl (C=O) groups is 2. The summed E-state index contributed by atoms with van der Waals surface area (Å²) in [6.07, 6.45) is 1.79. The molecule has 2 rings (SSSR count). The second kappa shape index (κ2) is 12.9. The molecule has 0 aliphatic heterocycles. The third-order valence-electron chi connectivity index (χ3n) is 4.85. The number of aryl methyl sites for hydroxylation is 1. The fraction of sp³-hybridized carbons (Fsp3) is 0.500. The maximum atomic E-state index is 13.3. The summed E-state index contributed by atoms with van der Waals surface area (Å²) in [6, 6.07) is 9.75. The molecule has 6 nitrogen and oxygen atoms in total. The van der Waals surface area contributed by atoms with E-state index in [0.29, 0.717) is 44.9 Å². The first kappa shape index (κ1) is 24.6. The Morgan fingerprint density at radius 1 is 1.00 bits per heavy atom. The first-order chi connectivity index (χ1) is 14.9. The highest BCUT2D eigenvalue weighted by molar-refractivity contribution is 5.84. The zero-order valence-electron chi connectivity index (χ0n) is 18.7. The van der Waals surface area contributed by atoms with Gasteiger partial charge >= 0.3 is 0 Å². The van der Waals surface area contributed by atoms with Crippen molar-refractivity contribution in [2.24, 2.45) is 0 Å². The smallest absolute Gasteiger partial charge is 0.242 e. The molecular formula is C24H33FN2O4. The van der Waals surface area contributed by atoms with Crippen LogP contribution in [0.25, 0.3) is 0 Å². The summed E-state index contributed by atoms with van der Waals surface area (Å²) in [5.41, 5.74) is 0.806. The molecule has 31 heavy (non-hydrogen) atoms. The van der Waals surface area contributed by atoms with Crippen molar-refractivity contribution < 1.29 is 23.1 Å². The maximum absolute atomic E-state index is 13.3. The summed E-state index contributed by atoms with van der Waals surface area (Å²) >= 11 is 0. The van der Waals surface area contributed by atoms with Gasteiger partial charge in [-0.3, -0.25) is 9.59 Å². The third kappa shape index (κ3) is 8.53. The van der Waals surface area contributed by atoms with E-state index in [1.54, 1.807) is 21.9 Å². The Kier molecular flexibility index (Phi) is 10.2. The molecular weight excluding hydrogens is 399 g/mol. The zero-order valence-corrected chi connectivity index (χ0v) is 18.7. The average molecular weight is 433 g/mol. The van der Waals surface area contributed by atoms with Gasteiger partial charge in [0.1, 0.15) is 17.3 Å². The Labute approximate surface area is 184 Å². The van der Waals surface area contributed by atoms with Crippen LogP contribution in [-0.4, -0.2) is 47.9 Å². The highest BCUT2D eigenvalue weighted by atomic mass is 19.1. The number of hydrogen-bond donors (Lipinski definition) is 0. The van der Waals surface area contributed by atoms with Crippen molar-refractivity contribution in [3.8, 4) is 0 Å². The van der Waals surface area contributed by atoms with Gasteiger partial charge < -0.3 is 19.0 Å². The SMILES string of the molecule is CCCC(=O)N(CCCOCC)CC(=O)N(Cc1ccc(F)cc1)Cc1ccc(C)o1. The van der Waals surface area contributed by atoms with Gasteiger partial charge in [-0.25, -0.2) is 4.39 Å². The second-order valence-corrected chi connectivity index (χ2v) is 7.50. The molecule has 2 aromatic rings. The van der Waals surface area contributed by atoms with Crippen LogP contribution in [0, 0.1) is 12.7 Å². The number of amides is 2. The highest BCUT2D eigenvalue weighted by Gasteiger charge is 2.22. The molecule has 0 saturated heterocycles. The number of halogens is 1. The fourth-order valence-corrected chi connectivity index (χ4v) is 3.23. The van der Waals surface area contributed by atoms with Crippen LogP contribution in [0.4, 0.5) is 4.39 Å². The molecule has 0 aliphatic carbocycles. The van der Waals surface area contributed by atoms with E-state index in [9.17, 15) is 14.0 Å². The molecule has 1 heterocycles. The van der Waals surface area contributed by atoms with Crippen molar-refractivity contribution in [2.45, 2.75) is 53.1 Å². The highest BCUT2D eigenvalue weighted by Crippen LogP contribution is 2.15. The van der Waals surface area contributed by atoms with E-state index < -0.39 is 0 Å². The summed E-state index contributed by atoms with van der Waals surface area (Å²) in [6.45, 7) is 7.92. The van der Waals surface area contributed by atoms with Crippen LogP contribution in [0.5, 0.6) is 0 Å². The number of carbonyl (C=O) groups excluding carboxylic acids is 2. The third-order valence-corrected chi connectivity index (χ3v) is 4.85. The van der Waals surface area contributed by atoms with Gasteiger partial charge in [0.2, 0.25) is 11.8 Å². The Morgan fingerprint density at radius 3 is 2.35 bits per heavy atom. The molecule has 0 spiro atoms. The minimum absolute atomic E-state index is 0.00809. The van der Waals surface area contributed by atoms with Crippen molar-refractivity contribution in [3.63, 3.8) is 0 Å². The first-order valence-corrected chi connectivity index (χ1v) is 10.9. The van der Waals surface area contributed by atoms with E-state index in [0.717, 1.165) is 17.7 Å². The summed E-state index contributed by atoms with van der Waals surface area (Å²) in [4.78, 5) is 29.0. The van der Waals surface area contributed by atoms with E-state index in [2.05, 4.69) is 0 Å². The van der Waals surface area contributed by atoms with Crippen molar-refractivity contribution in [3.05, 3.63) is 59.3 Å². The van der Waals surface area contributed by atoms with Crippen molar-refractivity contribution in [2.75, 3.05) is 26.3 Å². The van der Waals surface area contributed by atoms with Crippen molar-refractivity contribution in [1.29, 1.82) is 0 Å². The van der Waals surface area contributed by atoms with Gasteiger partial charge in [0, 0.05) is 32.7 Å². The van der Waals surface area contributed by atoms with Gasteiger partial charge in [-0.2, -0.15) is 0 Å². The molecule has 1 aromatic carbocycles. The number of benzene rings is 1. The van der Waals surface area contributed by atoms with Crippen LogP contribution in [0.1, 0.15) is 50.2 Å². The number of rotatable bonds is 13. The monoisotopic (exact) mass is 432 g/mol. The fourth-order valence-electron chi connectivity index (χ4n) is 3.23. The summed E-state index contributed by atoms with van der Waals surface area (Å²) in [5, 5.41) is 0.